The Morgan fingerprint density at radius 1 is 0.111 bits per heavy atom. The van der Waals surface area contributed by atoms with Crippen molar-refractivity contribution >= 4 is 414 Å². The Morgan fingerprint density at radius 2 is 0.111 bits per heavy atom. The minimum atomic E-state index is -3.63. The average Bonchev–Trinajstić information content (AvgIpc) is 2.99. The molecule has 0 aromatic carbocycles. The predicted octanol–water partition coefficient (Wildman–Crippen LogP) is -48.7. The molecule has 0 aromatic rings. The van der Waals surface area contributed by atoms with E-state index in [9.17, 15) is 0 Å². The van der Waals surface area contributed by atoms with Crippen LogP contribution in [-0.2, 0) is 89.2 Å². The van der Waals surface area contributed by atoms with Gasteiger partial charge in [-0.1, -0.05) is 0 Å². The first-order valence-corrected chi connectivity index (χ1v) is 37.9. The molecule has 0 saturated heterocycles. The van der Waals surface area contributed by atoms with E-state index in [2.05, 4.69) is 0 Å². The van der Waals surface area contributed by atoms with Gasteiger partial charge in [-0.2, -0.15) is 0 Å². The summed E-state index contributed by atoms with van der Waals surface area (Å²) in [4.78, 5) is 314. The van der Waals surface area contributed by atoms with Crippen LogP contribution in [0.4, 0.5) is 0 Å². The topological polar surface area (TPSA) is 1210 Å². The standard InChI is InChI=1S/10Mg.10H2O3Si.10O3Si/c;;;;;;;;;;20*1-4(2)3/h;;;;;;;;;;10*1-2H;;;;;;;;;;/q10*+2;;;;;;;;;;;10*-2. The van der Waals surface area contributed by atoms with E-state index in [4.69, 9.17) is 281 Å². The first-order chi connectivity index (χ1) is 34.6. The van der Waals surface area contributed by atoms with Gasteiger partial charge in [0.1, 0.15) is 0 Å². The zero-order valence-electron chi connectivity index (χ0n) is 42.3. The van der Waals surface area contributed by atoms with Crippen molar-refractivity contribution in [2.24, 2.45) is 0 Å². The zero-order chi connectivity index (χ0) is 71.5. The number of rotatable bonds is 0. The van der Waals surface area contributed by atoms with E-state index in [-0.39, 0.29) is 231 Å². The van der Waals surface area contributed by atoms with Crippen LogP contribution in [0, 0.1) is 0 Å². The number of hydrogen-bond acceptors (Lipinski definition) is 40. The fourth-order valence-electron chi connectivity index (χ4n) is 0. The molecule has 0 aromatic heterocycles. The molecule has 20 N–H and O–H groups in total. The molecule has 0 atom stereocenters. The normalized spacial score (nSPS) is 5.33. The van der Waals surface area contributed by atoms with Crippen LogP contribution in [0.5, 0.6) is 0 Å². The first-order valence-electron chi connectivity index (χ1n) is 12.6. The quantitative estimate of drug-likeness (QED) is 0.100. The molecule has 90 heavy (non-hydrogen) atoms. The molecular formula is H20Mg10O60Si20. The largest absolute Gasteiger partial charge is 2.00 e. The van der Waals surface area contributed by atoms with Crippen molar-refractivity contribution < 1.29 is 281 Å². The maximum Gasteiger partial charge on any atom is 2.00 e. The molecule has 0 saturated carbocycles. The fraction of sp³-hybridized carbons (Fsp3) is 0. The van der Waals surface area contributed by atoms with Crippen LogP contribution in [-0.4, -0.2) is 510 Å². The Balaban J connectivity index is -0.0000000150. The minimum Gasteiger partial charge on any atom is -0.672 e. The van der Waals surface area contributed by atoms with Gasteiger partial charge in [-0.25, -0.2) is 0 Å². The molecule has 480 valence electrons. The van der Waals surface area contributed by atoms with Gasteiger partial charge in [0.25, 0.3) is 0 Å². The van der Waals surface area contributed by atoms with Gasteiger partial charge < -0.3 is 236 Å². The second-order valence-electron chi connectivity index (χ2n) is 5.33. The van der Waals surface area contributed by atoms with E-state index in [0.29, 0.717) is 0 Å². The van der Waals surface area contributed by atoms with Crippen LogP contribution in [0.1, 0.15) is 0 Å². The van der Waals surface area contributed by atoms with Crippen LogP contribution in [0.25, 0.3) is 0 Å². The molecule has 0 amide bonds. The van der Waals surface area contributed by atoms with E-state index in [1.54, 1.807) is 0 Å². The molecular weight excluding hydrogens is 1760 g/mol. The summed E-state index contributed by atoms with van der Waals surface area (Å²) in [5, 5.41) is 0. The van der Waals surface area contributed by atoms with Gasteiger partial charge in [0.2, 0.25) is 0 Å². The molecule has 60 nitrogen and oxygen atoms in total. The van der Waals surface area contributed by atoms with Crippen molar-refractivity contribution in [3.05, 3.63) is 0 Å². The van der Waals surface area contributed by atoms with Crippen molar-refractivity contribution in [3.63, 3.8) is 0 Å². The van der Waals surface area contributed by atoms with Gasteiger partial charge in [-0.05, 0) is 0 Å². The molecule has 0 unspecified atom stereocenters. The van der Waals surface area contributed by atoms with E-state index in [1.165, 1.54) is 0 Å². The molecule has 0 aliphatic carbocycles. The second kappa shape index (κ2) is 191. The van der Waals surface area contributed by atoms with Crippen LogP contribution >= 0.6 is 0 Å². The summed E-state index contributed by atoms with van der Waals surface area (Å²) in [6.07, 6.45) is 0. The molecule has 0 aliphatic heterocycles. The molecule has 0 heterocycles. The van der Waals surface area contributed by atoms with Crippen LogP contribution < -0.4 is 95.9 Å². The Hall–Kier alpha value is -0.00000000000000977. The average molecular weight is 1780 g/mol. The summed E-state index contributed by atoms with van der Waals surface area (Å²) in [5.74, 6) is 0. The van der Waals surface area contributed by atoms with Crippen molar-refractivity contribution in [1.82, 2.24) is 0 Å². The molecule has 0 aliphatic rings. The summed E-state index contributed by atoms with van der Waals surface area (Å²) in [6, 6.07) is 0. The Bertz CT molecular complexity index is 1090. The van der Waals surface area contributed by atoms with Gasteiger partial charge in [-0.3, -0.25) is 44.6 Å². The fourth-order valence-corrected chi connectivity index (χ4v) is 0. The van der Waals surface area contributed by atoms with Gasteiger partial charge in [0.15, 0.2) is 0 Å². The monoisotopic (exact) mass is 1780 g/mol. The van der Waals surface area contributed by atoms with Gasteiger partial charge >= 0.3 is 322 Å². The smallest absolute Gasteiger partial charge is 0.672 e. The molecule has 0 bridgehead atoms. The van der Waals surface area contributed by atoms with Gasteiger partial charge in [0, 0.05) is 91.7 Å². The van der Waals surface area contributed by atoms with Crippen LogP contribution in [0.15, 0.2) is 0 Å². The van der Waals surface area contributed by atoms with E-state index in [0.717, 1.165) is 0 Å². The van der Waals surface area contributed by atoms with Crippen LogP contribution in [0.3, 0.4) is 0 Å². The summed E-state index contributed by atoms with van der Waals surface area (Å²) in [7, 11) is -67.6. The second-order valence-corrected chi connectivity index (χ2v) is 16.0. The molecule has 0 rings (SSSR count). The van der Waals surface area contributed by atoms with Crippen LogP contribution in [0.2, 0.25) is 0 Å². The van der Waals surface area contributed by atoms with E-state index >= 15 is 0 Å². The third kappa shape index (κ3) is 6980000000000000277280369915461632. The predicted molar refractivity (Wildman–Crippen MR) is 231 cm³/mol. The third-order valence-electron chi connectivity index (χ3n) is 0. The van der Waals surface area contributed by atoms with E-state index < -0.39 is 183 Å². The Kier molecular flexibility index (Phi) is 421. The summed E-state index contributed by atoms with van der Waals surface area (Å²) in [6.45, 7) is 0. The van der Waals surface area contributed by atoms with Crippen molar-refractivity contribution in [3.8, 4) is 0 Å². The van der Waals surface area contributed by atoms with E-state index in [1.807, 2.05) is 0 Å². The SMILES string of the molecule is O=[Si](O)O.O=[Si](O)O.O=[Si](O)O.O=[Si](O)O.O=[Si](O)O.O=[Si](O)O.O=[Si](O)O.O=[Si](O)O.O=[Si](O)O.O=[Si](O)O.O=[Si]([O-])[O-].O=[Si]([O-])[O-].O=[Si]([O-])[O-].O=[Si]([O-])[O-].O=[Si]([O-])[O-].O=[Si]([O-])[O-].O=[Si]([O-])[O-].O=[Si]([O-])[O-].O=[Si]([O-])[O-].O=[Si]([O-])[O-].[Mg+2].[Mg+2].[Mg+2].[Mg+2].[Mg+2].[Mg+2].[Mg+2].[Mg+2].[Mg+2].[Mg+2]. The minimum absolute atomic E-state index is 0. The third-order valence-corrected chi connectivity index (χ3v) is 0. The van der Waals surface area contributed by atoms with Crippen molar-refractivity contribution in [2.45, 2.75) is 0 Å². The van der Waals surface area contributed by atoms with Crippen molar-refractivity contribution in [2.75, 3.05) is 0 Å². The van der Waals surface area contributed by atoms with Gasteiger partial charge in [-0.15, -0.1) is 0 Å². The summed E-state index contributed by atoms with van der Waals surface area (Å²) < 4.78 is 173. The summed E-state index contributed by atoms with van der Waals surface area (Å²) in [5.41, 5.74) is 0. The first kappa shape index (κ1) is 198. The zero-order valence-corrected chi connectivity index (χ0v) is 76.5. The maximum atomic E-state index is 8.74. The summed E-state index contributed by atoms with van der Waals surface area (Å²) >= 11 is 0. The Morgan fingerprint density at radius 3 is 0.111 bits per heavy atom. The maximum absolute atomic E-state index is 8.74. The molecule has 0 radical (unpaired) electrons. The molecule has 0 spiro atoms. The molecule has 90 heteroatoms. The molecule has 0 fully saturated rings. The Labute approximate surface area is 685 Å². The number of hydrogen-bond donors (Lipinski definition) is 20. The van der Waals surface area contributed by atoms with Gasteiger partial charge in [0.05, 0.1) is 0 Å². The van der Waals surface area contributed by atoms with Crippen molar-refractivity contribution in [1.29, 1.82) is 0 Å².